The van der Waals surface area contributed by atoms with E-state index < -0.39 is 11.7 Å². The van der Waals surface area contributed by atoms with Crippen molar-refractivity contribution in [1.82, 2.24) is 0 Å². The predicted octanol–water partition coefficient (Wildman–Crippen LogP) is 6.56. The van der Waals surface area contributed by atoms with Crippen molar-refractivity contribution in [2.24, 2.45) is 5.92 Å². The molecule has 1 unspecified atom stereocenters. The average Bonchev–Trinajstić information content (AvgIpc) is 3.02. The first-order chi connectivity index (χ1) is 12.3. The van der Waals surface area contributed by atoms with Crippen LogP contribution in [-0.2, 0) is 19.0 Å². The van der Waals surface area contributed by atoms with E-state index in [9.17, 15) is 18.0 Å². The van der Waals surface area contributed by atoms with Gasteiger partial charge in [-0.05, 0) is 48.9 Å². The third-order valence-electron chi connectivity index (χ3n) is 4.58. The monoisotopic (exact) mass is 383 g/mol. The Balaban J connectivity index is 2.21. The Labute approximate surface area is 156 Å². The standard InChI is InChI=1S/C20H24F3NOS/c1-4-13(3)9-10-16-17(12-26-18(16)5-2)19(25)24-15-8-6-7-14(11-15)20(21,22)23/h6-8,11-13H,4-5,9-10H2,1-3H3,(H,24,25). The van der Waals surface area contributed by atoms with Gasteiger partial charge in [-0.25, -0.2) is 0 Å². The van der Waals surface area contributed by atoms with E-state index in [0.29, 0.717) is 11.5 Å². The van der Waals surface area contributed by atoms with Crippen LogP contribution in [0, 0.1) is 5.92 Å². The molecule has 0 spiro atoms. The highest BCUT2D eigenvalue weighted by Gasteiger charge is 2.30. The van der Waals surface area contributed by atoms with Crippen molar-refractivity contribution in [3.63, 3.8) is 0 Å². The highest BCUT2D eigenvalue weighted by atomic mass is 32.1. The van der Waals surface area contributed by atoms with E-state index in [1.807, 2.05) is 12.3 Å². The average molecular weight is 383 g/mol. The summed E-state index contributed by atoms with van der Waals surface area (Å²) < 4.78 is 38.5. The number of hydrogen-bond donors (Lipinski definition) is 1. The topological polar surface area (TPSA) is 29.1 Å². The molecule has 1 atom stereocenters. The number of nitrogens with one attached hydrogen (secondary N) is 1. The van der Waals surface area contributed by atoms with Crippen LogP contribution in [0.25, 0.3) is 0 Å². The second-order valence-corrected chi connectivity index (χ2v) is 7.45. The summed E-state index contributed by atoms with van der Waals surface area (Å²) in [6, 6.07) is 4.73. The van der Waals surface area contributed by atoms with E-state index >= 15 is 0 Å². The Kier molecular flexibility index (Phi) is 6.87. The predicted molar refractivity (Wildman–Crippen MR) is 101 cm³/mol. The van der Waals surface area contributed by atoms with Crippen molar-refractivity contribution in [3.8, 4) is 0 Å². The van der Waals surface area contributed by atoms with Gasteiger partial charge in [0, 0.05) is 15.9 Å². The number of amides is 1. The van der Waals surface area contributed by atoms with Gasteiger partial charge in [0.2, 0.25) is 0 Å². The molecule has 1 amide bonds. The molecule has 1 aromatic carbocycles. The minimum Gasteiger partial charge on any atom is -0.322 e. The number of hydrogen-bond acceptors (Lipinski definition) is 2. The molecular formula is C20H24F3NOS. The summed E-state index contributed by atoms with van der Waals surface area (Å²) in [5, 5.41) is 4.43. The summed E-state index contributed by atoms with van der Waals surface area (Å²) in [6.45, 7) is 6.37. The molecule has 0 fully saturated rings. The Bertz CT molecular complexity index is 752. The van der Waals surface area contributed by atoms with Crippen molar-refractivity contribution >= 4 is 22.9 Å². The number of thiophene rings is 1. The van der Waals surface area contributed by atoms with Gasteiger partial charge in [0.1, 0.15) is 0 Å². The fraction of sp³-hybridized carbons (Fsp3) is 0.450. The maximum Gasteiger partial charge on any atom is 0.416 e. The minimum atomic E-state index is -4.43. The summed E-state index contributed by atoms with van der Waals surface area (Å²) in [6.07, 6.45) is -0.703. The van der Waals surface area contributed by atoms with Crippen LogP contribution in [0.15, 0.2) is 29.6 Å². The van der Waals surface area contributed by atoms with Crippen molar-refractivity contribution in [3.05, 3.63) is 51.2 Å². The summed E-state index contributed by atoms with van der Waals surface area (Å²) in [4.78, 5) is 13.8. The summed E-state index contributed by atoms with van der Waals surface area (Å²) in [7, 11) is 0. The minimum absolute atomic E-state index is 0.155. The maximum atomic E-state index is 12.8. The van der Waals surface area contributed by atoms with E-state index in [4.69, 9.17) is 0 Å². The zero-order valence-corrected chi connectivity index (χ0v) is 16.1. The van der Waals surface area contributed by atoms with Crippen LogP contribution in [-0.4, -0.2) is 5.91 Å². The van der Waals surface area contributed by atoms with Gasteiger partial charge in [-0.1, -0.05) is 33.3 Å². The highest BCUT2D eigenvalue weighted by Crippen LogP contribution is 2.31. The Morgan fingerprint density at radius 3 is 2.62 bits per heavy atom. The van der Waals surface area contributed by atoms with Crippen molar-refractivity contribution in [1.29, 1.82) is 0 Å². The van der Waals surface area contributed by atoms with E-state index in [0.717, 1.165) is 43.4 Å². The quantitative estimate of drug-likeness (QED) is 0.576. The summed E-state index contributed by atoms with van der Waals surface area (Å²) >= 11 is 1.54. The molecule has 142 valence electrons. The molecule has 1 heterocycles. The molecular weight excluding hydrogens is 359 g/mol. The lowest BCUT2D eigenvalue weighted by Crippen LogP contribution is -2.14. The van der Waals surface area contributed by atoms with Gasteiger partial charge in [0.25, 0.3) is 5.91 Å². The van der Waals surface area contributed by atoms with E-state index in [1.165, 1.54) is 17.0 Å². The molecule has 0 aliphatic rings. The Morgan fingerprint density at radius 2 is 2.00 bits per heavy atom. The summed E-state index contributed by atoms with van der Waals surface area (Å²) in [5.74, 6) is 0.221. The lowest BCUT2D eigenvalue weighted by atomic mass is 9.96. The number of carbonyl (C=O) groups excluding carboxylic acids is 1. The van der Waals surface area contributed by atoms with Crippen LogP contribution >= 0.6 is 11.3 Å². The van der Waals surface area contributed by atoms with Crippen molar-refractivity contribution < 1.29 is 18.0 Å². The third kappa shape index (κ3) is 5.10. The number of rotatable bonds is 7. The van der Waals surface area contributed by atoms with Crippen LogP contribution in [0.2, 0.25) is 0 Å². The first kappa shape index (κ1) is 20.5. The maximum absolute atomic E-state index is 12.8. The Morgan fingerprint density at radius 1 is 1.27 bits per heavy atom. The van der Waals surface area contributed by atoms with E-state index in [1.54, 1.807) is 11.3 Å². The van der Waals surface area contributed by atoms with E-state index in [2.05, 4.69) is 19.2 Å². The molecule has 1 aromatic heterocycles. The second kappa shape index (κ2) is 8.71. The number of aryl methyl sites for hydroxylation is 1. The van der Waals surface area contributed by atoms with Crippen LogP contribution in [0.4, 0.5) is 18.9 Å². The molecule has 2 rings (SSSR count). The van der Waals surface area contributed by atoms with Crippen LogP contribution in [0.1, 0.15) is 60.0 Å². The molecule has 0 aliphatic carbocycles. The third-order valence-corrected chi connectivity index (χ3v) is 5.75. The molecule has 26 heavy (non-hydrogen) atoms. The van der Waals surface area contributed by atoms with Crippen LogP contribution in [0.3, 0.4) is 0 Å². The first-order valence-corrected chi connectivity index (χ1v) is 9.72. The lowest BCUT2D eigenvalue weighted by molar-refractivity contribution is -0.137. The van der Waals surface area contributed by atoms with Crippen LogP contribution in [0.5, 0.6) is 0 Å². The molecule has 0 aliphatic heterocycles. The molecule has 0 radical (unpaired) electrons. The van der Waals surface area contributed by atoms with Gasteiger partial charge in [-0.3, -0.25) is 4.79 Å². The van der Waals surface area contributed by atoms with Gasteiger partial charge in [0.05, 0.1) is 11.1 Å². The first-order valence-electron chi connectivity index (χ1n) is 8.84. The van der Waals surface area contributed by atoms with Gasteiger partial charge in [-0.2, -0.15) is 13.2 Å². The molecule has 0 saturated heterocycles. The number of carbonyl (C=O) groups is 1. The second-order valence-electron chi connectivity index (χ2n) is 6.49. The van der Waals surface area contributed by atoms with Gasteiger partial charge < -0.3 is 5.32 Å². The fourth-order valence-electron chi connectivity index (χ4n) is 2.75. The van der Waals surface area contributed by atoms with Gasteiger partial charge in [-0.15, -0.1) is 11.3 Å². The molecule has 1 N–H and O–H groups in total. The number of alkyl halides is 3. The lowest BCUT2D eigenvalue weighted by Gasteiger charge is -2.12. The normalized spacial score (nSPS) is 12.8. The largest absolute Gasteiger partial charge is 0.416 e. The van der Waals surface area contributed by atoms with Gasteiger partial charge in [0.15, 0.2) is 0 Å². The molecule has 0 saturated carbocycles. The van der Waals surface area contributed by atoms with Gasteiger partial charge >= 0.3 is 6.18 Å². The number of anilines is 1. The smallest absolute Gasteiger partial charge is 0.322 e. The zero-order valence-electron chi connectivity index (χ0n) is 15.2. The zero-order chi connectivity index (χ0) is 19.3. The fourth-order valence-corrected chi connectivity index (χ4v) is 3.78. The van der Waals surface area contributed by atoms with Crippen LogP contribution < -0.4 is 5.32 Å². The Hall–Kier alpha value is -1.82. The SMILES string of the molecule is CCc1scc(C(=O)Nc2cccc(C(F)(F)F)c2)c1CCC(C)CC. The molecule has 0 bridgehead atoms. The summed E-state index contributed by atoms with van der Waals surface area (Å²) in [5.41, 5.74) is 0.989. The van der Waals surface area contributed by atoms with Crippen molar-refractivity contribution in [2.45, 2.75) is 52.6 Å². The van der Waals surface area contributed by atoms with E-state index in [-0.39, 0.29) is 11.6 Å². The highest BCUT2D eigenvalue weighted by molar-refractivity contribution is 7.10. The molecule has 2 nitrogen and oxygen atoms in total. The molecule has 2 aromatic rings. The number of halogens is 3. The number of benzene rings is 1. The molecule has 6 heteroatoms. The van der Waals surface area contributed by atoms with Crippen molar-refractivity contribution in [2.75, 3.05) is 5.32 Å².